The molecule has 1 aromatic rings. The molecule has 1 aliphatic heterocycles. The summed E-state index contributed by atoms with van der Waals surface area (Å²) in [5, 5.41) is 3.40. The van der Waals surface area contributed by atoms with Crippen molar-refractivity contribution in [2.24, 2.45) is 0 Å². The molecular formula is C16H27N3O. The predicted molar refractivity (Wildman–Crippen MR) is 81.1 cm³/mol. The van der Waals surface area contributed by atoms with Gasteiger partial charge in [-0.25, -0.2) is 9.97 Å². The molecule has 1 saturated heterocycles. The Kier molecular flexibility index (Phi) is 5.49. The molecule has 1 aromatic heterocycles. The van der Waals surface area contributed by atoms with Crippen LogP contribution < -0.4 is 5.32 Å². The number of rotatable bonds is 6. The standard InChI is InChI=1S/C16H27N3O/c1-5-17-10-11(2)16-12(3)18-15(19-13(16)4)9-14-7-6-8-20-14/h11,14,17H,5-10H2,1-4H3. The lowest BCUT2D eigenvalue weighted by atomic mass is 9.97. The highest BCUT2D eigenvalue weighted by Gasteiger charge is 2.20. The van der Waals surface area contributed by atoms with E-state index in [2.05, 4.69) is 33.0 Å². The number of likely N-dealkylation sites (N-methyl/N-ethyl adjacent to an activating group) is 1. The van der Waals surface area contributed by atoms with Gasteiger partial charge in [0.25, 0.3) is 0 Å². The molecule has 112 valence electrons. The van der Waals surface area contributed by atoms with Crippen LogP contribution in [0, 0.1) is 13.8 Å². The minimum atomic E-state index is 0.318. The van der Waals surface area contributed by atoms with Gasteiger partial charge in [-0.2, -0.15) is 0 Å². The molecule has 0 aromatic carbocycles. The van der Waals surface area contributed by atoms with Gasteiger partial charge < -0.3 is 10.1 Å². The van der Waals surface area contributed by atoms with Crippen LogP contribution in [0.3, 0.4) is 0 Å². The monoisotopic (exact) mass is 277 g/mol. The maximum atomic E-state index is 5.68. The summed E-state index contributed by atoms with van der Waals surface area (Å²) >= 11 is 0. The van der Waals surface area contributed by atoms with Crippen molar-refractivity contribution < 1.29 is 4.74 Å². The van der Waals surface area contributed by atoms with Crippen molar-refractivity contribution in [1.82, 2.24) is 15.3 Å². The molecule has 1 N–H and O–H groups in total. The number of ether oxygens (including phenoxy) is 1. The Morgan fingerprint density at radius 3 is 2.55 bits per heavy atom. The van der Waals surface area contributed by atoms with Crippen LogP contribution in [0.25, 0.3) is 0 Å². The molecule has 20 heavy (non-hydrogen) atoms. The SMILES string of the molecule is CCNCC(C)c1c(C)nc(CC2CCCO2)nc1C. The Balaban J connectivity index is 2.10. The van der Waals surface area contributed by atoms with Crippen molar-refractivity contribution in [2.45, 2.75) is 59.0 Å². The minimum absolute atomic E-state index is 0.318. The summed E-state index contributed by atoms with van der Waals surface area (Å²) in [7, 11) is 0. The zero-order valence-corrected chi connectivity index (χ0v) is 13.2. The van der Waals surface area contributed by atoms with E-state index >= 15 is 0 Å². The van der Waals surface area contributed by atoms with E-state index in [9.17, 15) is 0 Å². The lowest BCUT2D eigenvalue weighted by Crippen LogP contribution is -2.22. The first-order chi connectivity index (χ1) is 9.61. The molecule has 1 aliphatic rings. The summed E-state index contributed by atoms with van der Waals surface area (Å²) in [6.45, 7) is 11.4. The molecule has 0 saturated carbocycles. The van der Waals surface area contributed by atoms with E-state index in [-0.39, 0.29) is 0 Å². The summed E-state index contributed by atoms with van der Waals surface area (Å²) in [5.41, 5.74) is 3.54. The Hall–Kier alpha value is -1.00. The second kappa shape index (κ2) is 7.14. The van der Waals surface area contributed by atoms with Crippen molar-refractivity contribution in [3.05, 3.63) is 22.8 Å². The van der Waals surface area contributed by atoms with Gasteiger partial charge >= 0.3 is 0 Å². The minimum Gasteiger partial charge on any atom is -0.378 e. The van der Waals surface area contributed by atoms with E-state index in [1.165, 1.54) is 12.0 Å². The highest BCUT2D eigenvalue weighted by molar-refractivity contribution is 5.28. The van der Waals surface area contributed by atoms with Crippen LogP contribution in [0.15, 0.2) is 0 Å². The molecule has 2 rings (SSSR count). The molecule has 4 nitrogen and oxygen atoms in total. The lowest BCUT2D eigenvalue weighted by molar-refractivity contribution is 0.110. The highest BCUT2D eigenvalue weighted by atomic mass is 16.5. The van der Waals surface area contributed by atoms with E-state index < -0.39 is 0 Å². The summed E-state index contributed by atoms with van der Waals surface area (Å²) in [4.78, 5) is 9.42. The van der Waals surface area contributed by atoms with Gasteiger partial charge in [0.15, 0.2) is 0 Å². The Morgan fingerprint density at radius 1 is 1.30 bits per heavy atom. The average molecular weight is 277 g/mol. The first-order valence-electron chi connectivity index (χ1n) is 7.78. The molecule has 0 bridgehead atoms. The number of hydrogen-bond donors (Lipinski definition) is 1. The summed E-state index contributed by atoms with van der Waals surface area (Å²) in [5.74, 6) is 1.39. The third-order valence-electron chi connectivity index (χ3n) is 4.00. The molecule has 4 heteroatoms. The number of hydrogen-bond acceptors (Lipinski definition) is 4. The molecule has 1 fully saturated rings. The smallest absolute Gasteiger partial charge is 0.131 e. The summed E-state index contributed by atoms with van der Waals surface area (Å²) in [6.07, 6.45) is 3.48. The normalized spacial score (nSPS) is 20.3. The van der Waals surface area contributed by atoms with Crippen LogP contribution >= 0.6 is 0 Å². The first-order valence-corrected chi connectivity index (χ1v) is 7.78. The molecule has 2 unspecified atom stereocenters. The van der Waals surface area contributed by atoms with Crippen molar-refractivity contribution >= 4 is 0 Å². The molecular weight excluding hydrogens is 250 g/mol. The molecule has 0 spiro atoms. The number of aromatic nitrogens is 2. The van der Waals surface area contributed by atoms with E-state index in [1.54, 1.807) is 0 Å². The third-order valence-corrected chi connectivity index (χ3v) is 4.00. The van der Waals surface area contributed by atoms with Gasteiger partial charge in [0.05, 0.1) is 6.10 Å². The maximum Gasteiger partial charge on any atom is 0.131 e. The molecule has 2 heterocycles. The molecule has 0 aliphatic carbocycles. The summed E-state index contributed by atoms with van der Waals surface area (Å²) in [6, 6.07) is 0. The van der Waals surface area contributed by atoms with E-state index in [4.69, 9.17) is 14.7 Å². The van der Waals surface area contributed by atoms with Gasteiger partial charge in [0.2, 0.25) is 0 Å². The molecule has 2 atom stereocenters. The predicted octanol–water partition coefficient (Wildman–Crippen LogP) is 2.53. The molecule has 0 amide bonds. The van der Waals surface area contributed by atoms with Crippen LogP contribution in [0.5, 0.6) is 0 Å². The second-order valence-electron chi connectivity index (χ2n) is 5.77. The number of aryl methyl sites for hydroxylation is 2. The van der Waals surface area contributed by atoms with Crippen molar-refractivity contribution in [2.75, 3.05) is 19.7 Å². The van der Waals surface area contributed by atoms with Crippen molar-refractivity contribution in [3.8, 4) is 0 Å². The Labute approximate surface area is 122 Å². The van der Waals surface area contributed by atoms with Crippen molar-refractivity contribution in [3.63, 3.8) is 0 Å². The van der Waals surface area contributed by atoms with Crippen LogP contribution in [0.2, 0.25) is 0 Å². The maximum absolute atomic E-state index is 5.68. The zero-order valence-electron chi connectivity index (χ0n) is 13.2. The van der Waals surface area contributed by atoms with E-state index in [0.29, 0.717) is 12.0 Å². The number of nitrogens with zero attached hydrogens (tertiary/aromatic N) is 2. The lowest BCUT2D eigenvalue weighted by Gasteiger charge is -2.18. The van der Waals surface area contributed by atoms with Gasteiger partial charge in [0.1, 0.15) is 5.82 Å². The fraction of sp³-hybridized carbons (Fsp3) is 0.750. The topological polar surface area (TPSA) is 47.0 Å². The fourth-order valence-electron chi connectivity index (χ4n) is 3.07. The second-order valence-corrected chi connectivity index (χ2v) is 5.77. The van der Waals surface area contributed by atoms with Gasteiger partial charge in [0, 0.05) is 31.0 Å². The van der Waals surface area contributed by atoms with Gasteiger partial charge in [-0.15, -0.1) is 0 Å². The van der Waals surface area contributed by atoms with Gasteiger partial charge in [-0.3, -0.25) is 0 Å². The number of nitrogens with one attached hydrogen (secondary N) is 1. The highest BCUT2D eigenvalue weighted by Crippen LogP contribution is 2.22. The van der Waals surface area contributed by atoms with Crippen LogP contribution in [0.1, 0.15) is 55.4 Å². The largest absolute Gasteiger partial charge is 0.378 e. The van der Waals surface area contributed by atoms with Crippen LogP contribution in [-0.2, 0) is 11.2 Å². The molecule has 0 radical (unpaired) electrons. The van der Waals surface area contributed by atoms with Crippen LogP contribution in [0.4, 0.5) is 0 Å². The Morgan fingerprint density at radius 2 is 2.00 bits per heavy atom. The van der Waals surface area contributed by atoms with Crippen LogP contribution in [-0.4, -0.2) is 35.8 Å². The quantitative estimate of drug-likeness (QED) is 0.868. The van der Waals surface area contributed by atoms with Crippen molar-refractivity contribution in [1.29, 1.82) is 0 Å². The third kappa shape index (κ3) is 3.76. The summed E-state index contributed by atoms with van der Waals surface area (Å²) < 4.78 is 5.68. The van der Waals surface area contributed by atoms with Gasteiger partial charge in [-0.05, 0) is 44.7 Å². The first kappa shape index (κ1) is 15.4. The van der Waals surface area contributed by atoms with E-state index in [0.717, 1.165) is 49.8 Å². The van der Waals surface area contributed by atoms with E-state index in [1.807, 2.05) is 0 Å². The van der Waals surface area contributed by atoms with Gasteiger partial charge in [-0.1, -0.05) is 13.8 Å². The average Bonchev–Trinajstić information content (AvgIpc) is 2.88. The zero-order chi connectivity index (χ0) is 14.5. The Bertz CT molecular complexity index is 418. The fourth-order valence-corrected chi connectivity index (χ4v) is 3.07.